The SMILES string of the molecule is Cc1nc2c(C)cccc2cc1C(=O)NC[C@H](c1ccc2c(c1)OCO2)N(C)C. The first-order valence-electron chi connectivity index (χ1n) is 9.65. The van der Waals surface area contributed by atoms with Gasteiger partial charge in [-0.3, -0.25) is 9.78 Å². The second kappa shape index (κ2) is 7.72. The van der Waals surface area contributed by atoms with Crippen molar-refractivity contribution in [1.29, 1.82) is 0 Å². The van der Waals surface area contributed by atoms with E-state index in [0.29, 0.717) is 12.1 Å². The molecule has 29 heavy (non-hydrogen) atoms. The number of likely N-dealkylation sites (N-methyl/N-ethyl adjacent to an activating group) is 1. The van der Waals surface area contributed by atoms with Crippen molar-refractivity contribution in [2.24, 2.45) is 0 Å². The van der Waals surface area contributed by atoms with Crippen molar-refractivity contribution in [3.8, 4) is 11.5 Å². The van der Waals surface area contributed by atoms with Gasteiger partial charge in [0.15, 0.2) is 11.5 Å². The van der Waals surface area contributed by atoms with E-state index in [4.69, 9.17) is 9.47 Å². The Morgan fingerprint density at radius 1 is 1.14 bits per heavy atom. The fraction of sp³-hybridized carbons (Fsp3) is 0.304. The number of carbonyl (C=O) groups is 1. The Morgan fingerprint density at radius 3 is 2.72 bits per heavy atom. The van der Waals surface area contributed by atoms with E-state index in [-0.39, 0.29) is 18.7 Å². The zero-order valence-electron chi connectivity index (χ0n) is 17.2. The van der Waals surface area contributed by atoms with Crippen LogP contribution in [0.3, 0.4) is 0 Å². The predicted molar refractivity (Wildman–Crippen MR) is 113 cm³/mol. The molecule has 0 radical (unpaired) electrons. The van der Waals surface area contributed by atoms with Crippen LogP contribution in [0.5, 0.6) is 11.5 Å². The molecule has 0 unspecified atom stereocenters. The van der Waals surface area contributed by atoms with E-state index in [1.165, 1.54) is 0 Å². The van der Waals surface area contributed by atoms with Crippen molar-refractivity contribution in [2.45, 2.75) is 19.9 Å². The molecule has 0 bridgehead atoms. The third kappa shape index (κ3) is 3.76. The first-order valence-corrected chi connectivity index (χ1v) is 9.65. The van der Waals surface area contributed by atoms with E-state index in [2.05, 4.69) is 15.2 Å². The normalized spacial score (nSPS) is 13.7. The summed E-state index contributed by atoms with van der Waals surface area (Å²) < 4.78 is 10.9. The number of rotatable bonds is 5. The minimum atomic E-state index is -0.119. The highest BCUT2D eigenvalue weighted by Crippen LogP contribution is 2.35. The number of benzene rings is 2. The van der Waals surface area contributed by atoms with Crippen LogP contribution in [-0.2, 0) is 0 Å². The number of aryl methyl sites for hydroxylation is 2. The fourth-order valence-corrected chi connectivity index (χ4v) is 3.67. The number of nitrogens with one attached hydrogen (secondary N) is 1. The molecule has 0 saturated carbocycles. The fourth-order valence-electron chi connectivity index (χ4n) is 3.67. The van der Waals surface area contributed by atoms with Gasteiger partial charge in [-0.1, -0.05) is 24.3 Å². The van der Waals surface area contributed by atoms with Gasteiger partial charge in [0.25, 0.3) is 5.91 Å². The highest BCUT2D eigenvalue weighted by atomic mass is 16.7. The smallest absolute Gasteiger partial charge is 0.253 e. The third-order valence-electron chi connectivity index (χ3n) is 5.34. The summed E-state index contributed by atoms with van der Waals surface area (Å²) in [7, 11) is 3.99. The minimum Gasteiger partial charge on any atom is -0.454 e. The zero-order chi connectivity index (χ0) is 20.5. The first kappa shape index (κ1) is 19.2. The molecule has 1 atom stereocenters. The van der Waals surface area contributed by atoms with Crippen LogP contribution in [0.25, 0.3) is 10.9 Å². The van der Waals surface area contributed by atoms with Crippen LogP contribution < -0.4 is 14.8 Å². The Balaban J connectivity index is 1.54. The molecule has 1 aromatic heterocycles. The van der Waals surface area contributed by atoms with E-state index < -0.39 is 0 Å². The average Bonchev–Trinajstić information content (AvgIpc) is 3.16. The van der Waals surface area contributed by atoms with Crippen LogP contribution in [0.2, 0.25) is 0 Å². The number of amides is 1. The first-order chi connectivity index (χ1) is 13.9. The molecule has 0 spiro atoms. The molecule has 3 aromatic rings. The molecule has 2 heterocycles. The van der Waals surface area contributed by atoms with Gasteiger partial charge in [-0.15, -0.1) is 0 Å². The molecular weight excluding hydrogens is 366 g/mol. The molecule has 0 fully saturated rings. The molecule has 6 heteroatoms. The van der Waals surface area contributed by atoms with Crippen molar-refractivity contribution in [1.82, 2.24) is 15.2 Å². The van der Waals surface area contributed by atoms with Crippen LogP contribution in [0, 0.1) is 13.8 Å². The highest BCUT2D eigenvalue weighted by molar-refractivity contribution is 5.99. The predicted octanol–water partition coefficient (Wildman–Crippen LogP) is 3.61. The topological polar surface area (TPSA) is 63.7 Å². The Bertz CT molecular complexity index is 1080. The second-order valence-corrected chi connectivity index (χ2v) is 7.57. The number of carbonyl (C=O) groups excluding carboxylic acids is 1. The van der Waals surface area contributed by atoms with Gasteiger partial charge in [-0.05, 0) is 57.3 Å². The van der Waals surface area contributed by atoms with Crippen molar-refractivity contribution < 1.29 is 14.3 Å². The molecule has 6 nitrogen and oxygen atoms in total. The van der Waals surface area contributed by atoms with Crippen LogP contribution in [-0.4, -0.2) is 43.2 Å². The Labute approximate surface area is 170 Å². The summed E-state index contributed by atoms with van der Waals surface area (Å²) in [6.07, 6.45) is 0. The van der Waals surface area contributed by atoms with Gasteiger partial charge in [-0.25, -0.2) is 0 Å². The lowest BCUT2D eigenvalue weighted by molar-refractivity contribution is 0.0941. The molecule has 0 saturated heterocycles. The largest absolute Gasteiger partial charge is 0.454 e. The van der Waals surface area contributed by atoms with Gasteiger partial charge < -0.3 is 19.7 Å². The summed E-state index contributed by atoms with van der Waals surface area (Å²) in [6, 6.07) is 13.8. The van der Waals surface area contributed by atoms with Gasteiger partial charge in [0.05, 0.1) is 22.8 Å². The van der Waals surface area contributed by atoms with E-state index in [0.717, 1.165) is 39.2 Å². The Morgan fingerprint density at radius 2 is 1.93 bits per heavy atom. The molecular formula is C23H25N3O3. The summed E-state index contributed by atoms with van der Waals surface area (Å²) in [5.74, 6) is 1.38. The summed E-state index contributed by atoms with van der Waals surface area (Å²) in [4.78, 5) is 19.7. The maximum Gasteiger partial charge on any atom is 0.253 e. The Hall–Kier alpha value is -3.12. The summed E-state index contributed by atoms with van der Waals surface area (Å²) >= 11 is 0. The van der Waals surface area contributed by atoms with E-state index >= 15 is 0 Å². The number of ether oxygens (including phenoxy) is 2. The lowest BCUT2D eigenvalue weighted by Gasteiger charge is -2.25. The number of para-hydroxylation sites is 1. The summed E-state index contributed by atoms with van der Waals surface area (Å²) in [6.45, 7) is 4.62. The standard InChI is InChI=1S/C23H25N3O3/c1-14-6-5-7-17-10-18(15(2)25-22(14)17)23(27)24-12-19(26(3)4)16-8-9-20-21(11-16)29-13-28-20/h5-11,19H,12-13H2,1-4H3,(H,24,27)/t19-/m1/s1. The summed E-state index contributed by atoms with van der Waals surface area (Å²) in [5.41, 5.74) is 4.43. The molecule has 0 aliphatic carbocycles. The van der Waals surface area contributed by atoms with Crippen LogP contribution >= 0.6 is 0 Å². The van der Waals surface area contributed by atoms with Gasteiger partial charge in [0, 0.05) is 11.9 Å². The molecule has 2 aromatic carbocycles. The van der Waals surface area contributed by atoms with Gasteiger partial charge in [0.2, 0.25) is 6.79 Å². The van der Waals surface area contributed by atoms with Crippen molar-refractivity contribution >= 4 is 16.8 Å². The molecule has 1 amide bonds. The van der Waals surface area contributed by atoms with Gasteiger partial charge in [-0.2, -0.15) is 0 Å². The third-order valence-corrected chi connectivity index (χ3v) is 5.34. The number of nitrogens with zero attached hydrogens (tertiary/aromatic N) is 2. The zero-order valence-corrected chi connectivity index (χ0v) is 17.2. The van der Waals surface area contributed by atoms with E-state index in [1.54, 1.807) is 0 Å². The van der Waals surface area contributed by atoms with Crippen molar-refractivity contribution in [3.63, 3.8) is 0 Å². The lowest BCUT2D eigenvalue weighted by atomic mass is 10.0. The molecule has 1 N–H and O–H groups in total. The number of pyridine rings is 1. The Kier molecular flexibility index (Phi) is 5.11. The highest BCUT2D eigenvalue weighted by Gasteiger charge is 2.21. The van der Waals surface area contributed by atoms with E-state index in [9.17, 15) is 4.79 Å². The minimum absolute atomic E-state index is 0.00409. The summed E-state index contributed by atoms with van der Waals surface area (Å²) in [5, 5.41) is 4.05. The van der Waals surface area contributed by atoms with Crippen LogP contribution in [0.4, 0.5) is 0 Å². The molecule has 150 valence electrons. The molecule has 1 aliphatic rings. The lowest BCUT2D eigenvalue weighted by Crippen LogP contribution is -2.35. The van der Waals surface area contributed by atoms with Gasteiger partial charge in [0.1, 0.15) is 0 Å². The van der Waals surface area contributed by atoms with Crippen LogP contribution in [0.1, 0.15) is 33.2 Å². The monoisotopic (exact) mass is 391 g/mol. The number of aromatic nitrogens is 1. The number of hydrogen-bond acceptors (Lipinski definition) is 5. The van der Waals surface area contributed by atoms with Crippen LogP contribution in [0.15, 0.2) is 42.5 Å². The van der Waals surface area contributed by atoms with Gasteiger partial charge >= 0.3 is 0 Å². The number of fused-ring (bicyclic) bond motifs is 2. The quantitative estimate of drug-likeness (QED) is 0.720. The maximum atomic E-state index is 12.9. The van der Waals surface area contributed by atoms with E-state index in [1.807, 2.05) is 70.4 Å². The maximum absolute atomic E-state index is 12.9. The molecule has 1 aliphatic heterocycles. The average molecular weight is 391 g/mol. The van der Waals surface area contributed by atoms with Crippen molar-refractivity contribution in [3.05, 3.63) is 64.8 Å². The number of hydrogen-bond donors (Lipinski definition) is 1. The second-order valence-electron chi connectivity index (χ2n) is 7.57. The van der Waals surface area contributed by atoms with Crippen molar-refractivity contribution in [2.75, 3.05) is 27.4 Å². The molecule has 4 rings (SSSR count).